The first-order valence-electron chi connectivity index (χ1n) is 6.40. The number of hydrogen-bond donors (Lipinski definition) is 0. The zero-order chi connectivity index (χ0) is 13.5. The highest BCUT2D eigenvalue weighted by Crippen LogP contribution is 2.23. The zero-order valence-electron chi connectivity index (χ0n) is 11.6. The maximum absolute atomic E-state index is 11.1. The molecule has 1 aromatic heterocycles. The van der Waals surface area contributed by atoms with Gasteiger partial charge in [-0.05, 0) is 20.3 Å². The van der Waals surface area contributed by atoms with E-state index in [4.69, 9.17) is 0 Å². The summed E-state index contributed by atoms with van der Waals surface area (Å²) in [6.45, 7) is 7.48. The van der Waals surface area contributed by atoms with Gasteiger partial charge in [-0.1, -0.05) is 6.92 Å². The van der Waals surface area contributed by atoms with E-state index >= 15 is 0 Å². The highest BCUT2D eigenvalue weighted by molar-refractivity contribution is 7.13. The smallest absolute Gasteiger partial charge is 0.305 e. The summed E-state index contributed by atoms with van der Waals surface area (Å²) in [7, 11) is 1.41. The number of anilines is 1. The van der Waals surface area contributed by atoms with Crippen LogP contribution < -0.4 is 4.90 Å². The lowest BCUT2D eigenvalue weighted by molar-refractivity contribution is -0.140. The fourth-order valence-corrected chi connectivity index (χ4v) is 2.76. The molecule has 0 saturated carbocycles. The SMILES string of the molecule is CCC(C)N(CC)c1nc(CCC(=O)OC)cs1. The standard InChI is InChI=1S/C13H22N2O2S/c1-5-10(3)15(6-2)13-14-11(9-18-13)7-8-12(16)17-4/h9-10H,5-8H2,1-4H3. The molecule has 0 aliphatic rings. The number of aromatic nitrogens is 1. The number of rotatable bonds is 7. The first kappa shape index (κ1) is 15.0. The van der Waals surface area contributed by atoms with Gasteiger partial charge in [-0.2, -0.15) is 0 Å². The topological polar surface area (TPSA) is 42.4 Å². The Hall–Kier alpha value is -1.10. The van der Waals surface area contributed by atoms with Crippen LogP contribution in [0.4, 0.5) is 5.13 Å². The molecule has 1 atom stereocenters. The summed E-state index contributed by atoms with van der Waals surface area (Å²) in [6.07, 6.45) is 2.15. The lowest BCUT2D eigenvalue weighted by Crippen LogP contribution is -2.32. The summed E-state index contributed by atoms with van der Waals surface area (Å²) >= 11 is 1.65. The molecule has 0 saturated heterocycles. The van der Waals surface area contributed by atoms with Crippen LogP contribution in [0.15, 0.2) is 5.38 Å². The minimum atomic E-state index is -0.182. The molecular formula is C13H22N2O2S. The second kappa shape index (κ2) is 7.36. The summed E-state index contributed by atoms with van der Waals surface area (Å²) in [5, 5.41) is 3.08. The Balaban J connectivity index is 2.63. The molecule has 0 amide bonds. The van der Waals surface area contributed by atoms with Gasteiger partial charge in [0.05, 0.1) is 19.2 Å². The van der Waals surface area contributed by atoms with E-state index in [0.29, 0.717) is 18.9 Å². The Bertz CT molecular complexity index is 379. The van der Waals surface area contributed by atoms with Crippen molar-refractivity contribution >= 4 is 22.4 Å². The average molecular weight is 270 g/mol. The fourth-order valence-electron chi connectivity index (χ4n) is 1.73. The van der Waals surface area contributed by atoms with Crippen LogP contribution in [-0.4, -0.2) is 30.6 Å². The molecular weight excluding hydrogens is 248 g/mol. The molecule has 1 rings (SSSR count). The monoisotopic (exact) mass is 270 g/mol. The summed E-state index contributed by atoms with van der Waals surface area (Å²) in [4.78, 5) is 18.0. The van der Waals surface area contributed by atoms with Crippen molar-refractivity contribution < 1.29 is 9.53 Å². The van der Waals surface area contributed by atoms with Crippen LogP contribution in [0, 0.1) is 0 Å². The number of nitrogens with zero attached hydrogens (tertiary/aromatic N) is 2. The van der Waals surface area contributed by atoms with Gasteiger partial charge in [0.15, 0.2) is 5.13 Å². The number of methoxy groups -OCH3 is 1. The predicted molar refractivity (Wildman–Crippen MR) is 75.2 cm³/mol. The Labute approximate surface area is 113 Å². The minimum Gasteiger partial charge on any atom is -0.469 e. The summed E-state index contributed by atoms with van der Waals surface area (Å²) < 4.78 is 4.63. The lowest BCUT2D eigenvalue weighted by Gasteiger charge is -2.26. The van der Waals surface area contributed by atoms with Crippen molar-refractivity contribution in [3.05, 3.63) is 11.1 Å². The van der Waals surface area contributed by atoms with E-state index in [1.54, 1.807) is 11.3 Å². The molecule has 0 bridgehead atoms. The van der Waals surface area contributed by atoms with E-state index in [1.165, 1.54) is 7.11 Å². The van der Waals surface area contributed by atoms with Gasteiger partial charge in [0.2, 0.25) is 0 Å². The summed E-state index contributed by atoms with van der Waals surface area (Å²) in [5.74, 6) is -0.182. The second-order valence-electron chi connectivity index (χ2n) is 4.24. The van der Waals surface area contributed by atoms with Crippen LogP contribution >= 0.6 is 11.3 Å². The van der Waals surface area contributed by atoms with Crippen LogP contribution in [-0.2, 0) is 16.0 Å². The first-order chi connectivity index (χ1) is 8.62. The fraction of sp³-hybridized carbons (Fsp3) is 0.692. The maximum atomic E-state index is 11.1. The molecule has 5 heteroatoms. The third kappa shape index (κ3) is 3.98. The number of carbonyl (C=O) groups excluding carboxylic acids is 1. The van der Waals surface area contributed by atoms with E-state index in [9.17, 15) is 4.79 Å². The van der Waals surface area contributed by atoms with E-state index in [1.807, 2.05) is 5.38 Å². The lowest BCUT2D eigenvalue weighted by atomic mass is 10.2. The van der Waals surface area contributed by atoms with Crippen molar-refractivity contribution in [3.8, 4) is 0 Å². The van der Waals surface area contributed by atoms with Crippen molar-refractivity contribution in [2.24, 2.45) is 0 Å². The molecule has 4 nitrogen and oxygen atoms in total. The van der Waals surface area contributed by atoms with Gasteiger partial charge in [0.1, 0.15) is 0 Å². The van der Waals surface area contributed by atoms with Gasteiger partial charge >= 0.3 is 5.97 Å². The second-order valence-corrected chi connectivity index (χ2v) is 5.08. The van der Waals surface area contributed by atoms with E-state index in [2.05, 4.69) is 35.4 Å². The molecule has 0 fully saturated rings. The molecule has 102 valence electrons. The number of carbonyl (C=O) groups is 1. The van der Waals surface area contributed by atoms with Crippen molar-refractivity contribution in [2.75, 3.05) is 18.6 Å². The van der Waals surface area contributed by atoms with Crippen LogP contribution in [0.5, 0.6) is 0 Å². The van der Waals surface area contributed by atoms with Gasteiger partial charge in [-0.3, -0.25) is 4.79 Å². The normalized spacial score (nSPS) is 12.2. The molecule has 1 heterocycles. The molecule has 18 heavy (non-hydrogen) atoms. The highest BCUT2D eigenvalue weighted by atomic mass is 32.1. The van der Waals surface area contributed by atoms with Gasteiger partial charge in [-0.15, -0.1) is 11.3 Å². The van der Waals surface area contributed by atoms with Gasteiger partial charge < -0.3 is 9.64 Å². The minimum absolute atomic E-state index is 0.182. The molecule has 0 aromatic carbocycles. The van der Waals surface area contributed by atoms with Crippen molar-refractivity contribution in [2.45, 2.75) is 46.1 Å². The molecule has 0 radical (unpaired) electrons. The Morgan fingerprint density at radius 3 is 2.83 bits per heavy atom. The van der Waals surface area contributed by atoms with Gasteiger partial charge in [0.25, 0.3) is 0 Å². The van der Waals surface area contributed by atoms with Gasteiger partial charge in [-0.25, -0.2) is 4.98 Å². The molecule has 0 aliphatic heterocycles. The zero-order valence-corrected chi connectivity index (χ0v) is 12.4. The molecule has 0 aliphatic carbocycles. The van der Waals surface area contributed by atoms with E-state index in [0.717, 1.165) is 23.8 Å². The third-order valence-corrected chi connectivity index (χ3v) is 3.99. The summed E-state index contributed by atoms with van der Waals surface area (Å²) in [5.41, 5.74) is 0.974. The third-order valence-electron chi connectivity index (χ3n) is 3.06. The first-order valence-corrected chi connectivity index (χ1v) is 7.28. The quantitative estimate of drug-likeness (QED) is 0.715. The van der Waals surface area contributed by atoms with Crippen LogP contribution in [0.25, 0.3) is 0 Å². The maximum Gasteiger partial charge on any atom is 0.305 e. The highest BCUT2D eigenvalue weighted by Gasteiger charge is 2.15. The number of thiazole rings is 1. The van der Waals surface area contributed by atoms with Crippen LogP contribution in [0.3, 0.4) is 0 Å². The van der Waals surface area contributed by atoms with Crippen molar-refractivity contribution in [1.29, 1.82) is 0 Å². The van der Waals surface area contributed by atoms with E-state index < -0.39 is 0 Å². The Morgan fingerprint density at radius 2 is 2.28 bits per heavy atom. The van der Waals surface area contributed by atoms with Crippen molar-refractivity contribution in [1.82, 2.24) is 4.98 Å². The van der Waals surface area contributed by atoms with Crippen molar-refractivity contribution in [3.63, 3.8) is 0 Å². The van der Waals surface area contributed by atoms with Crippen LogP contribution in [0.2, 0.25) is 0 Å². The Kier molecular flexibility index (Phi) is 6.12. The number of esters is 1. The Morgan fingerprint density at radius 1 is 1.56 bits per heavy atom. The number of ether oxygens (including phenoxy) is 1. The van der Waals surface area contributed by atoms with E-state index in [-0.39, 0.29) is 5.97 Å². The number of hydrogen-bond acceptors (Lipinski definition) is 5. The average Bonchev–Trinajstić information content (AvgIpc) is 2.85. The largest absolute Gasteiger partial charge is 0.469 e. The predicted octanol–water partition coefficient (Wildman–Crippen LogP) is 2.87. The molecule has 0 N–H and O–H groups in total. The number of aryl methyl sites for hydroxylation is 1. The van der Waals surface area contributed by atoms with Crippen LogP contribution in [0.1, 0.15) is 39.3 Å². The van der Waals surface area contributed by atoms with Gasteiger partial charge in [0, 0.05) is 24.4 Å². The molecule has 0 spiro atoms. The summed E-state index contributed by atoms with van der Waals surface area (Å²) in [6, 6.07) is 0.495. The molecule has 1 unspecified atom stereocenters. The molecule has 1 aromatic rings.